The fourth-order valence-corrected chi connectivity index (χ4v) is 2.16. The quantitative estimate of drug-likeness (QED) is 0.803. The van der Waals surface area contributed by atoms with Crippen LogP contribution >= 0.6 is 15.9 Å². The fourth-order valence-electron chi connectivity index (χ4n) is 1.57. The summed E-state index contributed by atoms with van der Waals surface area (Å²) >= 11 is 3.42. The molecule has 0 saturated carbocycles. The van der Waals surface area contributed by atoms with Crippen molar-refractivity contribution in [1.82, 2.24) is 15.0 Å². The molecule has 0 bridgehead atoms. The number of ether oxygens (including phenoxy) is 2. The van der Waals surface area contributed by atoms with E-state index >= 15 is 0 Å². The van der Waals surface area contributed by atoms with Crippen molar-refractivity contribution >= 4 is 21.9 Å². The molecule has 0 unspecified atom stereocenters. The molecule has 7 heteroatoms. The molecule has 0 spiro atoms. The standard InChI is InChI=1S/C12H12BrN3O3/c1-18-11-4-3-8(5-9(11)13)6-16-7-10(14-15-16)12(17)19-2/h3-5,7H,6H2,1-2H3. The number of hydrogen-bond donors (Lipinski definition) is 0. The van der Waals surface area contributed by atoms with Crippen LogP contribution in [0.2, 0.25) is 0 Å². The first-order valence-electron chi connectivity index (χ1n) is 5.45. The Morgan fingerprint density at radius 3 is 2.84 bits per heavy atom. The van der Waals surface area contributed by atoms with Crippen LogP contribution < -0.4 is 4.74 Å². The van der Waals surface area contributed by atoms with Crippen LogP contribution in [0.15, 0.2) is 28.9 Å². The van der Waals surface area contributed by atoms with Crippen LogP contribution in [0.25, 0.3) is 0 Å². The summed E-state index contributed by atoms with van der Waals surface area (Å²) in [5.74, 6) is 0.264. The third-order valence-corrected chi connectivity index (χ3v) is 3.11. The maximum Gasteiger partial charge on any atom is 0.360 e. The molecule has 2 rings (SSSR count). The Kier molecular flexibility index (Phi) is 4.16. The van der Waals surface area contributed by atoms with Crippen LogP contribution in [0.3, 0.4) is 0 Å². The van der Waals surface area contributed by atoms with Crippen LogP contribution in [-0.2, 0) is 11.3 Å². The Morgan fingerprint density at radius 1 is 1.42 bits per heavy atom. The highest BCUT2D eigenvalue weighted by molar-refractivity contribution is 9.10. The molecule has 100 valence electrons. The van der Waals surface area contributed by atoms with Gasteiger partial charge in [0.15, 0.2) is 5.69 Å². The predicted molar refractivity (Wildman–Crippen MR) is 71.2 cm³/mol. The van der Waals surface area contributed by atoms with E-state index in [2.05, 4.69) is 31.0 Å². The molecule has 1 aromatic carbocycles. The number of carbonyl (C=O) groups excluding carboxylic acids is 1. The molecule has 0 radical (unpaired) electrons. The minimum Gasteiger partial charge on any atom is -0.496 e. The van der Waals surface area contributed by atoms with E-state index in [0.717, 1.165) is 15.8 Å². The maximum atomic E-state index is 11.3. The second-order valence-corrected chi connectivity index (χ2v) is 4.62. The molecule has 19 heavy (non-hydrogen) atoms. The lowest BCUT2D eigenvalue weighted by atomic mass is 10.2. The first kappa shape index (κ1) is 13.5. The monoisotopic (exact) mass is 325 g/mol. The topological polar surface area (TPSA) is 66.2 Å². The van der Waals surface area contributed by atoms with Gasteiger partial charge in [0.2, 0.25) is 0 Å². The summed E-state index contributed by atoms with van der Waals surface area (Å²) in [5.41, 5.74) is 1.20. The summed E-state index contributed by atoms with van der Waals surface area (Å²) in [7, 11) is 2.92. The zero-order valence-electron chi connectivity index (χ0n) is 10.5. The van der Waals surface area contributed by atoms with Crippen molar-refractivity contribution < 1.29 is 14.3 Å². The van der Waals surface area contributed by atoms with Gasteiger partial charge in [0, 0.05) is 0 Å². The highest BCUT2D eigenvalue weighted by atomic mass is 79.9. The first-order valence-corrected chi connectivity index (χ1v) is 6.24. The van der Waals surface area contributed by atoms with Gasteiger partial charge in [-0.1, -0.05) is 11.3 Å². The summed E-state index contributed by atoms with van der Waals surface area (Å²) in [5, 5.41) is 7.61. The van der Waals surface area contributed by atoms with Crippen molar-refractivity contribution in [2.24, 2.45) is 0 Å². The minimum absolute atomic E-state index is 0.190. The molecule has 6 nitrogen and oxygen atoms in total. The van der Waals surface area contributed by atoms with E-state index in [1.54, 1.807) is 18.0 Å². The molecular weight excluding hydrogens is 314 g/mol. The molecule has 0 atom stereocenters. The Balaban J connectivity index is 2.15. The third-order valence-electron chi connectivity index (χ3n) is 2.49. The van der Waals surface area contributed by atoms with E-state index in [-0.39, 0.29) is 5.69 Å². The Morgan fingerprint density at radius 2 is 2.21 bits per heavy atom. The summed E-state index contributed by atoms with van der Waals surface area (Å²) in [4.78, 5) is 11.3. The van der Waals surface area contributed by atoms with Crippen molar-refractivity contribution in [2.45, 2.75) is 6.54 Å². The van der Waals surface area contributed by atoms with Gasteiger partial charge in [0.25, 0.3) is 0 Å². The number of hydrogen-bond acceptors (Lipinski definition) is 5. The zero-order valence-corrected chi connectivity index (χ0v) is 12.0. The van der Waals surface area contributed by atoms with Gasteiger partial charge >= 0.3 is 5.97 Å². The number of aromatic nitrogens is 3. The molecule has 2 aromatic rings. The average Bonchev–Trinajstić information content (AvgIpc) is 2.86. The van der Waals surface area contributed by atoms with Crippen molar-refractivity contribution in [3.05, 3.63) is 40.1 Å². The Labute approximate surface area is 118 Å². The summed E-state index contributed by atoms with van der Waals surface area (Å²) in [6.07, 6.45) is 1.55. The van der Waals surface area contributed by atoms with Gasteiger partial charge in [0.1, 0.15) is 5.75 Å². The van der Waals surface area contributed by atoms with Crippen LogP contribution in [-0.4, -0.2) is 35.2 Å². The smallest absolute Gasteiger partial charge is 0.360 e. The number of methoxy groups -OCH3 is 2. The van der Waals surface area contributed by atoms with Gasteiger partial charge in [-0.3, -0.25) is 0 Å². The lowest BCUT2D eigenvalue weighted by molar-refractivity contribution is 0.0594. The molecule has 0 aliphatic carbocycles. The molecule has 0 aliphatic rings. The van der Waals surface area contributed by atoms with E-state index in [4.69, 9.17) is 4.74 Å². The van der Waals surface area contributed by atoms with Crippen LogP contribution in [0.1, 0.15) is 16.1 Å². The number of rotatable bonds is 4. The second kappa shape index (κ2) is 5.83. The zero-order chi connectivity index (χ0) is 13.8. The van der Waals surface area contributed by atoms with Crippen LogP contribution in [0.5, 0.6) is 5.75 Å². The van der Waals surface area contributed by atoms with E-state index in [0.29, 0.717) is 6.54 Å². The molecule has 0 fully saturated rings. The van der Waals surface area contributed by atoms with Crippen molar-refractivity contribution in [2.75, 3.05) is 14.2 Å². The molecule has 1 heterocycles. The molecule has 1 aromatic heterocycles. The van der Waals surface area contributed by atoms with E-state index in [1.807, 2.05) is 18.2 Å². The van der Waals surface area contributed by atoms with Gasteiger partial charge in [0.05, 0.1) is 31.4 Å². The van der Waals surface area contributed by atoms with Crippen molar-refractivity contribution in [3.8, 4) is 5.75 Å². The van der Waals surface area contributed by atoms with E-state index < -0.39 is 5.97 Å². The number of benzene rings is 1. The number of carbonyl (C=O) groups is 1. The summed E-state index contributed by atoms with van der Waals surface area (Å²) in [6.45, 7) is 0.507. The molecular formula is C12H12BrN3O3. The highest BCUT2D eigenvalue weighted by Crippen LogP contribution is 2.25. The largest absolute Gasteiger partial charge is 0.496 e. The maximum absolute atomic E-state index is 11.3. The van der Waals surface area contributed by atoms with E-state index in [1.165, 1.54) is 7.11 Å². The normalized spacial score (nSPS) is 10.3. The predicted octanol–water partition coefficient (Wildman–Crippen LogP) is 1.88. The Bertz CT molecular complexity index is 598. The lowest BCUT2D eigenvalue weighted by Gasteiger charge is -2.06. The van der Waals surface area contributed by atoms with Gasteiger partial charge in [-0.15, -0.1) is 5.10 Å². The second-order valence-electron chi connectivity index (χ2n) is 3.76. The van der Waals surface area contributed by atoms with Crippen molar-refractivity contribution in [3.63, 3.8) is 0 Å². The first-order chi connectivity index (χ1) is 9.13. The van der Waals surface area contributed by atoms with Gasteiger partial charge in [-0.25, -0.2) is 9.48 Å². The number of esters is 1. The van der Waals surface area contributed by atoms with E-state index in [9.17, 15) is 4.79 Å². The van der Waals surface area contributed by atoms with Gasteiger partial charge < -0.3 is 9.47 Å². The number of nitrogens with zero attached hydrogens (tertiary/aromatic N) is 3. The minimum atomic E-state index is -0.498. The van der Waals surface area contributed by atoms with Gasteiger partial charge in [-0.2, -0.15) is 0 Å². The highest BCUT2D eigenvalue weighted by Gasteiger charge is 2.11. The molecule has 0 saturated heterocycles. The molecule has 0 N–H and O–H groups in total. The average molecular weight is 326 g/mol. The van der Waals surface area contributed by atoms with Crippen molar-refractivity contribution in [1.29, 1.82) is 0 Å². The number of halogens is 1. The summed E-state index contributed by atoms with van der Waals surface area (Å²) < 4.78 is 12.2. The fraction of sp³-hybridized carbons (Fsp3) is 0.250. The molecule has 0 amide bonds. The third kappa shape index (κ3) is 3.11. The Hall–Kier alpha value is -1.89. The van der Waals surface area contributed by atoms with Gasteiger partial charge in [-0.05, 0) is 33.6 Å². The molecule has 0 aliphatic heterocycles. The van der Waals surface area contributed by atoms with Crippen LogP contribution in [0, 0.1) is 0 Å². The SMILES string of the molecule is COC(=O)c1cn(Cc2ccc(OC)c(Br)c2)nn1. The lowest BCUT2D eigenvalue weighted by Crippen LogP contribution is -2.02. The summed E-state index contributed by atoms with van der Waals surface area (Å²) in [6, 6.07) is 5.71. The van der Waals surface area contributed by atoms with Crippen LogP contribution in [0.4, 0.5) is 0 Å².